The number of hydrogen-bond donors (Lipinski definition) is 0. The van der Waals surface area contributed by atoms with Gasteiger partial charge in [-0.15, -0.1) is 0 Å². The molecule has 0 aromatic rings. The summed E-state index contributed by atoms with van der Waals surface area (Å²) in [6, 6.07) is 0. The van der Waals surface area contributed by atoms with E-state index in [1.807, 2.05) is 0 Å². The van der Waals surface area contributed by atoms with Crippen LogP contribution in [-0.4, -0.2) is 12.7 Å². The van der Waals surface area contributed by atoms with E-state index in [-0.39, 0.29) is 0 Å². The molecule has 6 atom stereocenters. The molecule has 3 fully saturated rings. The molecule has 0 spiro atoms. The van der Waals surface area contributed by atoms with Crippen molar-refractivity contribution in [2.24, 2.45) is 29.6 Å². The molecular formula is C17H28O. The van der Waals surface area contributed by atoms with Crippen molar-refractivity contribution in [1.29, 1.82) is 0 Å². The van der Waals surface area contributed by atoms with Crippen LogP contribution >= 0.6 is 0 Å². The molecule has 1 nitrogen and oxygen atoms in total. The fraction of sp³-hybridized carbons (Fsp3) is 0.882. The Bertz CT molecular complexity index is 322. The van der Waals surface area contributed by atoms with E-state index in [0.717, 1.165) is 36.2 Å². The number of ether oxygens (including phenoxy) is 1. The Morgan fingerprint density at radius 1 is 1.06 bits per heavy atom. The Morgan fingerprint density at radius 2 is 1.78 bits per heavy atom. The van der Waals surface area contributed by atoms with Crippen molar-refractivity contribution in [3.8, 4) is 0 Å². The smallest absolute Gasteiger partial charge is 0.0583 e. The zero-order chi connectivity index (χ0) is 12.7. The monoisotopic (exact) mass is 248 g/mol. The summed E-state index contributed by atoms with van der Waals surface area (Å²) in [6.45, 7) is 9.85. The molecule has 0 radical (unpaired) electrons. The van der Waals surface area contributed by atoms with E-state index in [4.69, 9.17) is 4.74 Å². The number of rotatable bonds is 1. The lowest BCUT2D eigenvalue weighted by molar-refractivity contribution is -0.0115. The molecule has 3 rings (SSSR count). The summed E-state index contributed by atoms with van der Waals surface area (Å²) in [5.74, 6) is 4.22. The van der Waals surface area contributed by atoms with E-state index >= 15 is 0 Å². The second kappa shape index (κ2) is 5.00. The summed E-state index contributed by atoms with van der Waals surface area (Å²) in [5, 5.41) is 0. The van der Waals surface area contributed by atoms with Gasteiger partial charge in [-0.25, -0.2) is 0 Å². The molecule has 2 aliphatic carbocycles. The standard InChI is InChI=1S/C17H28O/c1-11(2)14-7-5-9-16-15-8-4-6-13(15)10-18-12(3)17(14)16/h12-17H,1,4-10H2,2-3H3. The highest BCUT2D eigenvalue weighted by molar-refractivity contribution is 5.06. The molecule has 0 aromatic heterocycles. The fourth-order valence-corrected chi connectivity index (χ4v) is 5.23. The second-order valence-corrected chi connectivity index (χ2v) is 7.02. The number of fused-ring (bicyclic) bond motifs is 3. The van der Waals surface area contributed by atoms with Crippen molar-refractivity contribution in [3.63, 3.8) is 0 Å². The highest BCUT2D eigenvalue weighted by atomic mass is 16.5. The topological polar surface area (TPSA) is 9.23 Å². The minimum absolute atomic E-state index is 0.447. The normalized spacial score (nSPS) is 48.1. The first-order valence-electron chi connectivity index (χ1n) is 7.95. The average molecular weight is 248 g/mol. The molecule has 18 heavy (non-hydrogen) atoms. The molecule has 1 heteroatoms. The molecule has 0 N–H and O–H groups in total. The summed E-state index contributed by atoms with van der Waals surface area (Å²) >= 11 is 0. The van der Waals surface area contributed by atoms with Crippen LogP contribution in [0.4, 0.5) is 0 Å². The predicted molar refractivity (Wildman–Crippen MR) is 75.4 cm³/mol. The van der Waals surface area contributed by atoms with Gasteiger partial charge in [0.05, 0.1) is 12.7 Å². The Hall–Kier alpha value is -0.300. The van der Waals surface area contributed by atoms with Gasteiger partial charge in [0.1, 0.15) is 0 Å². The van der Waals surface area contributed by atoms with Crippen LogP contribution in [0.1, 0.15) is 52.4 Å². The molecule has 1 aliphatic heterocycles. The molecule has 3 aliphatic rings. The molecule has 1 saturated heterocycles. The van der Waals surface area contributed by atoms with Crippen LogP contribution in [0.25, 0.3) is 0 Å². The van der Waals surface area contributed by atoms with Gasteiger partial charge in [0, 0.05) is 0 Å². The first-order valence-corrected chi connectivity index (χ1v) is 7.95. The molecule has 1 heterocycles. The van der Waals surface area contributed by atoms with Gasteiger partial charge >= 0.3 is 0 Å². The first-order chi connectivity index (χ1) is 8.68. The first kappa shape index (κ1) is 12.7. The average Bonchev–Trinajstić information content (AvgIpc) is 2.78. The van der Waals surface area contributed by atoms with Gasteiger partial charge in [0.25, 0.3) is 0 Å². The zero-order valence-corrected chi connectivity index (χ0v) is 12.0. The van der Waals surface area contributed by atoms with E-state index in [1.54, 1.807) is 0 Å². The van der Waals surface area contributed by atoms with Gasteiger partial charge < -0.3 is 4.74 Å². The lowest BCUT2D eigenvalue weighted by atomic mass is 9.62. The second-order valence-electron chi connectivity index (χ2n) is 7.02. The third-order valence-corrected chi connectivity index (χ3v) is 6.03. The van der Waals surface area contributed by atoms with Gasteiger partial charge in [0.15, 0.2) is 0 Å². The van der Waals surface area contributed by atoms with Gasteiger partial charge in [-0.05, 0) is 69.1 Å². The van der Waals surface area contributed by atoms with Crippen LogP contribution in [0.15, 0.2) is 12.2 Å². The maximum Gasteiger partial charge on any atom is 0.0583 e. The van der Waals surface area contributed by atoms with Crippen LogP contribution in [-0.2, 0) is 4.74 Å². The van der Waals surface area contributed by atoms with Crippen LogP contribution in [0, 0.1) is 29.6 Å². The minimum Gasteiger partial charge on any atom is -0.378 e. The summed E-state index contributed by atoms with van der Waals surface area (Å²) < 4.78 is 6.23. The number of hydrogen-bond acceptors (Lipinski definition) is 1. The fourth-order valence-electron chi connectivity index (χ4n) is 5.23. The quantitative estimate of drug-likeness (QED) is 0.624. The predicted octanol–water partition coefficient (Wildman–Crippen LogP) is 4.43. The lowest BCUT2D eigenvalue weighted by Crippen LogP contribution is -2.39. The minimum atomic E-state index is 0.447. The van der Waals surface area contributed by atoms with Crippen molar-refractivity contribution in [1.82, 2.24) is 0 Å². The maximum absolute atomic E-state index is 6.23. The van der Waals surface area contributed by atoms with Gasteiger partial charge in [-0.1, -0.05) is 25.0 Å². The molecule has 2 saturated carbocycles. The van der Waals surface area contributed by atoms with Crippen molar-refractivity contribution in [3.05, 3.63) is 12.2 Å². The zero-order valence-electron chi connectivity index (χ0n) is 12.0. The summed E-state index contributed by atoms with van der Waals surface area (Å²) in [6.07, 6.45) is 8.97. The van der Waals surface area contributed by atoms with E-state index in [0.29, 0.717) is 6.10 Å². The van der Waals surface area contributed by atoms with Crippen LogP contribution in [0.2, 0.25) is 0 Å². The van der Waals surface area contributed by atoms with Crippen molar-refractivity contribution in [2.45, 2.75) is 58.5 Å². The van der Waals surface area contributed by atoms with E-state index < -0.39 is 0 Å². The maximum atomic E-state index is 6.23. The van der Waals surface area contributed by atoms with Crippen molar-refractivity contribution >= 4 is 0 Å². The van der Waals surface area contributed by atoms with Crippen LogP contribution in [0.3, 0.4) is 0 Å². The van der Waals surface area contributed by atoms with Crippen LogP contribution in [0.5, 0.6) is 0 Å². The third kappa shape index (κ3) is 2.05. The summed E-state index contributed by atoms with van der Waals surface area (Å²) in [7, 11) is 0. The largest absolute Gasteiger partial charge is 0.378 e. The van der Waals surface area contributed by atoms with Gasteiger partial charge in [-0.2, -0.15) is 0 Å². The van der Waals surface area contributed by atoms with Gasteiger partial charge in [0.2, 0.25) is 0 Å². The highest BCUT2D eigenvalue weighted by Gasteiger charge is 2.46. The van der Waals surface area contributed by atoms with Crippen LogP contribution < -0.4 is 0 Å². The molecule has 102 valence electrons. The lowest BCUT2D eigenvalue weighted by Gasteiger charge is -2.43. The van der Waals surface area contributed by atoms with Gasteiger partial charge in [-0.3, -0.25) is 0 Å². The molecular weight excluding hydrogens is 220 g/mol. The Balaban J connectivity index is 1.89. The summed E-state index contributed by atoms with van der Waals surface area (Å²) in [4.78, 5) is 0. The third-order valence-electron chi connectivity index (χ3n) is 6.03. The molecule has 6 unspecified atom stereocenters. The molecule has 0 aromatic carbocycles. The number of allylic oxidation sites excluding steroid dienone is 1. The van der Waals surface area contributed by atoms with E-state index in [2.05, 4.69) is 20.4 Å². The van der Waals surface area contributed by atoms with Crippen molar-refractivity contribution < 1.29 is 4.74 Å². The van der Waals surface area contributed by atoms with Crippen molar-refractivity contribution in [2.75, 3.05) is 6.61 Å². The molecule has 0 amide bonds. The Kier molecular flexibility index (Phi) is 3.53. The van der Waals surface area contributed by atoms with E-state index in [9.17, 15) is 0 Å². The summed E-state index contributed by atoms with van der Waals surface area (Å²) in [5.41, 5.74) is 1.40. The SMILES string of the molecule is C=C(C)C1CCCC2C3CCCC3COC(C)C12. The molecule has 0 bridgehead atoms. The Morgan fingerprint density at radius 3 is 2.56 bits per heavy atom. The highest BCUT2D eigenvalue weighted by Crippen LogP contribution is 2.52. The van der Waals surface area contributed by atoms with E-state index in [1.165, 1.54) is 44.1 Å². The Labute approximate surface area is 112 Å².